The molecule has 1 aliphatic heterocycles. The van der Waals surface area contributed by atoms with Crippen molar-refractivity contribution in [3.05, 3.63) is 59.3 Å². The summed E-state index contributed by atoms with van der Waals surface area (Å²) in [4.78, 5) is 14.4. The number of morpholine rings is 1. The molecule has 10 heteroatoms. The number of Topliss-reactive ketones (excluding diaryl/α,β-unsaturated/α-hetero) is 1. The Kier molecular flexibility index (Phi) is 6.05. The van der Waals surface area contributed by atoms with Crippen LogP contribution in [0.3, 0.4) is 0 Å². The molecule has 1 fully saturated rings. The van der Waals surface area contributed by atoms with E-state index in [1.807, 2.05) is 11.8 Å². The Morgan fingerprint density at radius 3 is 2.57 bits per heavy atom. The highest BCUT2D eigenvalue weighted by atomic mass is 19.1. The van der Waals surface area contributed by atoms with E-state index in [-0.39, 0.29) is 24.1 Å². The van der Waals surface area contributed by atoms with E-state index in [0.717, 1.165) is 13.1 Å². The van der Waals surface area contributed by atoms with E-state index in [0.29, 0.717) is 42.5 Å². The zero-order valence-corrected chi connectivity index (χ0v) is 16.5. The second-order valence-corrected chi connectivity index (χ2v) is 6.87. The van der Waals surface area contributed by atoms with Crippen molar-refractivity contribution in [1.82, 2.24) is 30.1 Å². The van der Waals surface area contributed by atoms with Gasteiger partial charge in [0.1, 0.15) is 23.8 Å². The van der Waals surface area contributed by atoms with Crippen LogP contribution in [0.4, 0.5) is 4.39 Å². The number of benzene rings is 1. The summed E-state index contributed by atoms with van der Waals surface area (Å²) in [6.45, 7) is 4.98. The standard InChI is InChI=1S/C20H21FN6O3/c1-14-18(27(25-22-14)16-4-2-15(21)3-5-16)13-30-20-7-6-17(23-24-20)19(28)12-26-8-10-29-11-9-26/h2-7H,8-13H2,1H3. The van der Waals surface area contributed by atoms with E-state index in [4.69, 9.17) is 9.47 Å². The number of aryl methyl sites for hydroxylation is 1. The first-order chi connectivity index (χ1) is 14.6. The van der Waals surface area contributed by atoms with Gasteiger partial charge in [-0.1, -0.05) is 5.21 Å². The van der Waals surface area contributed by atoms with Crippen LogP contribution >= 0.6 is 0 Å². The minimum atomic E-state index is -0.327. The van der Waals surface area contributed by atoms with Crippen LogP contribution in [0.25, 0.3) is 5.69 Å². The monoisotopic (exact) mass is 412 g/mol. The van der Waals surface area contributed by atoms with Crippen LogP contribution in [0.15, 0.2) is 36.4 Å². The molecule has 4 rings (SSSR count). The van der Waals surface area contributed by atoms with Crippen molar-refractivity contribution in [2.45, 2.75) is 13.5 Å². The van der Waals surface area contributed by atoms with E-state index >= 15 is 0 Å². The topological polar surface area (TPSA) is 95.3 Å². The molecule has 30 heavy (non-hydrogen) atoms. The normalized spacial score (nSPS) is 14.6. The molecule has 0 radical (unpaired) electrons. The van der Waals surface area contributed by atoms with Gasteiger partial charge >= 0.3 is 0 Å². The van der Waals surface area contributed by atoms with Gasteiger partial charge in [0, 0.05) is 19.2 Å². The SMILES string of the molecule is Cc1nnn(-c2ccc(F)cc2)c1COc1ccc(C(=O)CN2CCOCC2)nn1. The molecule has 1 aliphatic rings. The van der Waals surface area contributed by atoms with Crippen LogP contribution in [0, 0.1) is 12.7 Å². The third-order valence-corrected chi connectivity index (χ3v) is 4.78. The van der Waals surface area contributed by atoms with Gasteiger partial charge in [-0.25, -0.2) is 9.07 Å². The summed E-state index contributed by atoms with van der Waals surface area (Å²) in [6.07, 6.45) is 0. The van der Waals surface area contributed by atoms with Crippen molar-refractivity contribution >= 4 is 5.78 Å². The highest BCUT2D eigenvalue weighted by Crippen LogP contribution is 2.16. The number of hydrogen-bond donors (Lipinski definition) is 0. The molecule has 0 spiro atoms. The number of ether oxygens (including phenoxy) is 2. The molecule has 0 bridgehead atoms. The Balaban J connectivity index is 1.39. The van der Waals surface area contributed by atoms with Gasteiger partial charge in [-0.05, 0) is 37.3 Å². The van der Waals surface area contributed by atoms with Crippen LogP contribution < -0.4 is 4.74 Å². The molecule has 3 heterocycles. The summed E-state index contributed by atoms with van der Waals surface area (Å²) in [6, 6.07) is 9.15. The summed E-state index contributed by atoms with van der Waals surface area (Å²) < 4.78 is 25.8. The van der Waals surface area contributed by atoms with Gasteiger partial charge in [0.05, 0.1) is 31.1 Å². The highest BCUT2D eigenvalue weighted by Gasteiger charge is 2.17. The predicted molar refractivity (Wildman–Crippen MR) is 104 cm³/mol. The lowest BCUT2D eigenvalue weighted by Crippen LogP contribution is -2.39. The van der Waals surface area contributed by atoms with E-state index in [9.17, 15) is 9.18 Å². The molecule has 0 N–H and O–H groups in total. The highest BCUT2D eigenvalue weighted by molar-refractivity contribution is 5.95. The van der Waals surface area contributed by atoms with Crippen molar-refractivity contribution in [1.29, 1.82) is 0 Å². The van der Waals surface area contributed by atoms with Crippen molar-refractivity contribution in [3.63, 3.8) is 0 Å². The first-order valence-electron chi connectivity index (χ1n) is 9.57. The Morgan fingerprint density at radius 2 is 1.87 bits per heavy atom. The van der Waals surface area contributed by atoms with E-state index in [2.05, 4.69) is 20.5 Å². The van der Waals surface area contributed by atoms with Gasteiger partial charge in [-0.15, -0.1) is 15.3 Å². The van der Waals surface area contributed by atoms with Gasteiger partial charge in [0.2, 0.25) is 5.88 Å². The lowest BCUT2D eigenvalue weighted by molar-refractivity contribution is 0.0370. The lowest BCUT2D eigenvalue weighted by atomic mass is 10.2. The number of nitrogens with zero attached hydrogens (tertiary/aromatic N) is 6. The minimum Gasteiger partial charge on any atom is -0.470 e. The number of halogens is 1. The number of hydrogen-bond acceptors (Lipinski definition) is 8. The Labute approximate surface area is 172 Å². The number of carbonyl (C=O) groups excluding carboxylic acids is 1. The van der Waals surface area contributed by atoms with E-state index in [1.165, 1.54) is 12.1 Å². The van der Waals surface area contributed by atoms with E-state index in [1.54, 1.807) is 28.9 Å². The quantitative estimate of drug-likeness (QED) is 0.540. The summed E-state index contributed by atoms with van der Waals surface area (Å²) in [5.74, 6) is -0.138. The zero-order valence-electron chi connectivity index (χ0n) is 16.5. The number of ketones is 1. The first-order valence-corrected chi connectivity index (χ1v) is 9.57. The largest absolute Gasteiger partial charge is 0.470 e. The molecule has 0 saturated carbocycles. The van der Waals surface area contributed by atoms with Gasteiger partial charge < -0.3 is 9.47 Å². The van der Waals surface area contributed by atoms with E-state index < -0.39 is 0 Å². The molecule has 0 unspecified atom stereocenters. The fourth-order valence-corrected chi connectivity index (χ4v) is 3.06. The van der Waals surface area contributed by atoms with Crippen LogP contribution in [-0.2, 0) is 11.3 Å². The van der Waals surface area contributed by atoms with Crippen LogP contribution in [0.2, 0.25) is 0 Å². The van der Waals surface area contributed by atoms with Crippen LogP contribution in [0.5, 0.6) is 5.88 Å². The van der Waals surface area contributed by atoms with Crippen LogP contribution in [-0.4, -0.2) is 68.7 Å². The van der Waals surface area contributed by atoms with Gasteiger partial charge in [-0.2, -0.15) is 0 Å². The molecule has 0 atom stereocenters. The Bertz CT molecular complexity index is 1000. The molecule has 0 amide bonds. The summed E-state index contributed by atoms with van der Waals surface area (Å²) in [5, 5.41) is 16.2. The maximum atomic E-state index is 13.2. The van der Waals surface area contributed by atoms with Crippen molar-refractivity contribution < 1.29 is 18.7 Å². The van der Waals surface area contributed by atoms with Crippen molar-refractivity contribution in [2.75, 3.05) is 32.8 Å². The van der Waals surface area contributed by atoms with Crippen molar-refractivity contribution in [3.8, 4) is 11.6 Å². The average molecular weight is 412 g/mol. The lowest BCUT2D eigenvalue weighted by Gasteiger charge is -2.25. The predicted octanol–water partition coefficient (Wildman–Crippen LogP) is 1.60. The molecule has 2 aromatic heterocycles. The van der Waals surface area contributed by atoms with Gasteiger partial charge in [0.15, 0.2) is 5.78 Å². The summed E-state index contributed by atoms with van der Waals surface area (Å²) in [5.41, 5.74) is 2.36. The molecular weight excluding hydrogens is 391 g/mol. The Hall–Kier alpha value is -3.24. The molecule has 156 valence electrons. The second kappa shape index (κ2) is 9.06. The Morgan fingerprint density at radius 1 is 1.10 bits per heavy atom. The smallest absolute Gasteiger partial charge is 0.233 e. The molecule has 9 nitrogen and oxygen atoms in total. The third kappa shape index (κ3) is 4.66. The summed E-state index contributed by atoms with van der Waals surface area (Å²) in [7, 11) is 0. The average Bonchev–Trinajstić information content (AvgIpc) is 3.14. The zero-order chi connectivity index (χ0) is 20.9. The molecule has 1 saturated heterocycles. The molecular formula is C20H21FN6O3. The van der Waals surface area contributed by atoms with Gasteiger partial charge in [-0.3, -0.25) is 9.69 Å². The summed E-state index contributed by atoms with van der Waals surface area (Å²) >= 11 is 0. The minimum absolute atomic E-state index is 0.0922. The fraction of sp³-hybridized carbons (Fsp3) is 0.350. The maximum Gasteiger partial charge on any atom is 0.233 e. The second-order valence-electron chi connectivity index (χ2n) is 6.87. The van der Waals surface area contributed by atoms with Crippen LogP contribution in [0.1, 0.15) is 21.9 Å². The fourth-order valence-electron chi connectivity index (χ4n) is 3.06. The molecule has 3 aromatic rings. The number of rotatable bonds is 7. The van der Waals surface area contributed by atoms with Crippen molar-refractivity contribution in [2.24, 2.45) is 0 Å². The number of carbonyl (C=O) groups is 1. The van der Waals surface area contributed by atoms with Gasteiger partial charge in [0.25, 0.3) is 0 Å². The third-order valence-electron chi connectivity index (χ3n) is 4.78. The molecule has 1 aromatic carbocycles. The number of aromatic nitrogens is 5. The first kappa shape index (κ1) is 20.0. The molecule has 0 aliphatic carbocycles. The maximum absolute atomic E-state index is 13.2.